The van der Waals surface area contributed by atoms with Crippen molar-refractivity contribution in [1.82, 2.24) is 29.6 Å². The van der Waals surface area contributed by atoms with Gasteiger partial charge in [-0.05, 0) is 67.5 Å². The Morgan fingerprint density at radius 2 is 1.90 bits per heavy atom. The fraction of sp³-hybridized carbons (Fsp3) is 0.472. The third-order valence-electron chi connectivity index (χ3n) is 10.5. The lowest BCUT2D eigenvalue weighted by molar-refractivity contribution is -0.0691. The van der Waals surface area contributed by atoms with Crippen LogP contribution in [0.2, 0.25) is 0 Å². The van der Waals surface area contributed by atoms with Gasteiger partial charge in [0.25, 0.3) is 11.5 Å². The van der Waals surface area contributed by atoms with E-state index in [0.29, 0.717) is 48.1 Å². The molecule has 12 heteroatoms. The standard InChI is InChI=1S/C36H43N9O3/c1-5-26-27(8-9-37-33(26)45-13-12-44-30(35(45)47)14-23-16-36(3,4)17-31(23)44)28-15-29(34(46)41-40-28)39-32-7-6-24(18-38-32)43-11-10-42(19-22(43)2)25-20-48-21-25/h6-9,14-15,18,22,25H,5,10-13,16-17,19-21H2,1-4H3,(H,41,46)(H,38,39,40)/t22-/m0/s1. The van der Waals surface area contributed by atoms with Crippen molar-refractivity contribution in [2.75, 3.05) is 54.5 Å². The largest absolute Gasteiger partial charge is 0.378 e. The molecule has 2 saturated heterocycles. The fourth-order valence-electron chi connectivity index (χ4n) is 7.95. The molecule has 1 aliphatic carbocycles. The van der Waals surface area contributed by atoms with E-state index in [1.54, 1.807) is 17.2 Å². The van der Waals surface area contributed by atoms with Gasteiger partial charge in [0.05, 0.1) is 36.8 Å². The van der Waals surface area contributed by atoms with Gasteiger partial charge < -0.3 is 19.5 Å². The number of aromatic amines is 1. The summed E-state index contributed by atoms with van der Waals surface area (Å²) in [4.78, 5) is 42.9. The van der Waals surface area contributed by atoms with Crippen LogP contribution in [-0.2, 0) is 30.5 Å². The second kappa shape index (κ2) is 11.9. The number of carbonyl (C=O) groups is 1. The van der Waals surface area contributed by atoms with E-state index >= 15 is 0 Å². The van der Waals surface area contributed by atoms with Gasteiger partial charge in [-0.15, -0.1) is 0 Å². The van der Waals surface area contributed by atoms with Crippen LogP contribution in [0.15, 0.2) is 47.5 Å². The summed E-state index contributed by atoms with van der Waals surface area (Å²) >= 11 is 0. The number of aromatic nitrogens is 5. The molecule has 8 rings (SSSR count). The second-order valence-electron chi connectivity index (χ2n) is 14.4. The van der Waals surface area contributed by atoms with Crippen LogP contribution in [-0.4, -0.2) is 87.0 Å². The van der Waals surface area contributed by atoms with Gasteiger partial charge in [-0.2, -0.15) is 5.10 Å². The molecule has 3 aliphatic heterocycles. The summed E-state index contributed by atoms with van der Waals surface area (Å²) in [5.74, 6) is 1.19. The van der Waals surface area contributed by atoms with E-state index in [2.05, 4.69) is 74.7 Å². The van der Waals surface area contributed by atoms with Gasteiger partial charge in [0.1, 0.15) is 23.0 Å². The topological polar surface area (TPSA) is 125 Å². The zero-order valence-corrected chi connectivity index (χ0v) is 28.1. The highest BCUT2D eigenvalue weighted by molar-refractivity contribution is 6.06. The molecule has 4 aliphatic rings. The van der Waals surface area contributed by atoms with Crippen molar-refractivity contribution in [3.8, 4) is 11.3 Å². The minimum atomic E-state index is -0.343. The second-order valence-corrected chi connectivity index (χ2v) is 14.4. The molecule has 4 aromatic rings. The van der Waals surface area contributed by atoms with Crippen molar-refractivity contribution in [2.45, 2.75) is 65.6 Å². The highest BCUT2D eigenvalue weighted by atomic mass is 16.5. The molecule has 1 atom stereocenters. The summed E-state index contributed by atoms with van der Waals surface area (Å²) in [7, 11) is 0. The maximum absolute atomic E-state index is 13.9. The Morgan fingerprint density at radius 1 is 1.04 bits per heavy atom. The third kappa shape index (κ3) is 5.36. The number of carbonyl (C=O) groups excluding carboxylic acids is 1. The van der Waals surface area contributed by atoms with Crippen molar-refractivity contribution in [3.63, 3.8) is 0 Å². The molecule has 250 valence electrons. The Labute approximate surface area is 280 Å². The molecule has 1 amide bonds. The number of piperazine rings is 1. The Hall–Kier alpha value is -4.55. The molecule has 4 aromatic heterocycles. The number of rotatable bonds is 7. The first kappa shape index (κ1) is 30.8. The number of H-pyrrole nitrogens is 1. The van der Waals surface area contributed by atoms with Gasteiger partial charge in [-0.3, -0.25) is 19.4 Å². The molecule has 0 bridgehead atoms. The van der Waals surface area contributed by atoms with E-state index < -0.39 is 0 Å². The molecule has 0 radical (unpaired) electrons. The van der Waals surface area contributed by atoms with E-state index in [-0.39, 0.29) is 16.9 Å². The van der Waals surface area contributed by atoms with Crippen LogP contribution < -0.4 is 20.7 Å². The quantitative estimate of drug-likeness (QED) is 0.306. The number of hydrogen-bond acceptors (Lipinski definition) is 9. The summed E-state index contributed by atoms with van der Waals surface area (Å²) in [6.45, 7) is 14.8. The third-order valence-corrected chi connectivity index (χ3v) is 10.5. The van der Waals surface area contributed by atoms with E-state index in [1.165, 1.54) is 11.3 Å². The Kier molecular flexibility index (Phi) is 7.59. The SMILES string of the molecule is CCc1c(-c2cc(Nc3ccc(N4CCN(C5COC5)C[C@@H]4C)cn3)c(=O)[nH]n2)ccnc1N1CCn2c(cc3c2CC(C)(C)C3)C1=O. The van der Waals surface area contributed by atoms with Gasteiger partial charge in [0.2, 0.25) is 0 Å². The van der Waals surface area contributed by atoms with E-state index in [1.807, 2.05) is 18.3 Å². The lowest BCUT2D eigenvalue weighted by atomic mass is 9.90. The lowest BCUT2D eigenvalue weighted by Gasteiger charge is -2.46. The molecule has 12 nitrogen and oxygen atoms in total. The first-order valence-corrected chi connectivity index (χ1v) is 17.1. The van der Waals surface area contributed by atoms with Crippen molar-refractivity contribution in [1.29, 1.82) is 0 Å². The summed E-state index contributed by atoms with van der Waals surface area (Å²) in [6, 6.07) is 10.6. The van der Waals surface area contributed by atoms with Crippen molar-refractivity contribution in [3.05, 3.63) is 75.6 Å². The van der Waals surface area contributed by atoms with Gasteiger partial charge in [0.15, 0.2) is 0 Å². The monoisotopic (exact) mass is 649 g/mol. The molecule has 0 unspecified atom stereocenters. The zero-order chi connectivity index (χ0) is 33.2. The Balaban J connectivity index is 1.01. The number of pyridine rings is 2. The molecule has 48 heavy (non-hydrogen) atoms. The number of anilines is 4. The lowest BCUT2D eigenvalue weighted by Crippen LogP contribution is -2.59. The number of nitrogens with one attached hydrogen (secondary N) is 2. The molecule has 7 heterocycles. The van der Waals surface area contributed by atoms with Crippen molar-refractivity contribution in [2.24, 2.45) is 5.41 Å². The number of hydrogen-bond donors (Lipinski definition) is 2. The van der Waals surface area contributed by atoms with E-state index in [4.69, 9.17) is 9.72 Å². The van der Waals surface area contributed by atoms with Crippen LogP contribution in [0.25, 0.3) is 11.3 Å². The minimum absolute atomic E-state index is 0.0247. The normalized spacial score (nSPS) is 20.8. The number of nitrogens with zero attached hydrogens (tertiary/aromatic N) is 7. The van der Waals surface area contributed by atoms with Crippen LogP contribution in [0.1, 0.15) is 55.0 Å². The predicted molar refractivity (Wildman–Crippen MR) is 185 cm³/mol. The van der Waals surface area contributed by atoms with Crippen LogP contribution >= 0.6 is 0 Å². The Bertz CT molecular complexity index is 1930. The number of amides is 1. The van der Waals surface area contributed by atoms with Crippen LogP contribution in [0.3, 0.4) is 0 Å². The van der Waals surface area contributed by atoms with Gasteiger partial charge in [-0.25, -0.2) is 15.1 Å². The summed E-state index contributed by atoms with van der Waals surface area (Å²) in [5.41, 5.74) is 6.94. The zero-order valence-electron chi connectivity index (χ0n) is 28.1. The van der Waals surface area contributed by atoms with E-state index in [9.17, 15) is 9.59 Å². The Morgan fingerprint density at radius 3 is 2.62 bits per heavy atom. The maximum atomic E-state index is 13.9. The summed E-state index contributed by atoms with van der Waals surface area (Å²) < 4.78 is 7.60. The smallest absolute Gasteiger partial charge is 0.287 e. The predicted octanol–water partition coefficient (Wildman–Crippen LogP) is 4.03. The number of fused-ring (bicyclic) bond motifs is 3. The minimum Gasteiger partial charge on any atom is -0.378 e. The number of ether oxygens (including phenoxy) is 1. The van der Waals surface area contributed by atoms with Gasteiger partial charge >= 0.3 is 0 Å². The molecule has 0 saturated carbocycles. The molecule has 0 spiro atoms. The maximum Gasteiger partial charge on any atom is 0.287 e. The molecule has 2 N–H and O–H groups in total. The van der Waals surface area contributed by atoms with Gasteiger partial charge in [0, 0.05) is 61.8 Å². The summed E-state index contributed by atoms with van der Waals surface area (Å²) in [5, 5.41) is 10.3. The van der Waals surface area contributed by atoms with Crippen LogP contribution in [0.5, 0.6) is 0 Å². The summed E-state index contributed by atoms with van der Waals surface area (Å²) in [6.07, 6.45) is 6.20. The fourth-order valence-corrected chi connectivity index (χ4v) is 7.95. The highest BCUT2D eigenvalue weighted by Gasteiger charge is 2.38. The average molecular weight is 650 g/mol. The van der Waals surface area contributed by atoms with Crippen molar-refractivity contribution < 1.29 is 9.53 Å². The van der Waals surface area contributed by atoms with E-state index in [0.717, 1.165) is 74.7 Å². The molecule has 0 aromatic carbocycles. The van der Waals surface area contributed by atoms with Gasteiger partial charge in [-0.1, -0.05) is 20.8 Å². The first-order valence-electron chi connectivity index (χ1n) is 17.1. The molecular formula is C36H43N9O3. The average Bonchev–Trinajstić information content (AvgIpc) is 3.54. The van der Waals surface area contributed by atoms with Crippen molar-refractivity contribution >= 4 is 28.9 Å². The highest BCUT2D eigenvalue weighted by Crippen LogP contribution is 2.40. The molecule has 2 fully saturated rings. The van der Waals surface area contributed by atoms with Crippen LogP contribution in [0.4, 0.5) is 23.0 Å². The molecular weight excluding hydrogens is 606 g/mol. The first-order chi connectivity index (χ1) is 23.2. The van der Waals surface area contributed by atoms with Crippen LogP contribution in [0, 0.1) is 5.41 Å².